The Bertz CT molecular complexity index is 799. The number of benzene rings is 1. The van der Waals surface area contributed by atoms with Gasteiger partial charge in [0.1, 0.15) is 5.56 Å². The third-order valence-corrected chi connectivity index (χ3v) is 2.74. The van der Waals surface area contributed by atoms with Gasteiger partial charge in [-0.05, 0) is 16.5 Å². The maximum absolute atomic E-state index is 11.5. The van der Waals surface area contributed by atoms with Crippen LogP contribution in [0.1, 0.15) is 10.4 Å². The lowest BCUT2D eigenvalue weighted by atomic mass is 10.1. The molecule has 0 amide bonds. The summed E-state index contributed by atoms with van der Waals surface area (Å²) < 4.78 is 6.73. The van der Waals surface area contributed by atoms with E-state index in [-0.39, 0.29) is 17.3 Å². The summed E-state index contributed by atoms with van der Waals surface area (Å²) in [6, 6.07) is 7.02. The first-order chi connectivity index (χ1) is 9.66. The lowest BCUT2D eigenvalue weighted by molar-refractivity contribution is 0.0696. The molecular formula is C12H9N5O3. The Hall–Kier alpha value is -3.03. The third kappa shape index (κ3) is 1.92. The average molecular weight is 271 g/mol. The number of para-hydroxylation sites is 1. The van der Waals surface area contributed by atoms with Gasteiger partial charge in [-0.3, -0.25) is 4.98 Å². The molecule has 0 radical (unpaired) electrons. The predicted molar refractivity (Wildman–Crippen MR) is 67.6 cm³/mol. The lowest BCUT2D eigenvalue weighted by Crippen LogP contribution is -2.04. The molecule has 0 fully saturated rings. The third-order valence-electron chi connectivity index (χ3n) is 2.74. The predicted octanol–water partition coefficient (Wildman–Crippen LogP) is 1.25. The standard InChI is InChI=1S/C12H9N5O3/c1-17-12(14-15-16-17)20-9-6-13-8-5-3-2-4-7(8)10(9)11(18)19/h2-6H,1H3,(H,18,19). The molecule has 0 aliphatic carbocycles. The second kappa shape index (κ2) is 4.57. The number of hydrogen-bond donors (Lipinski definition) is 1. The van der Waals surface area contributed by atoms with E-state index in [0.29, 0.717) is 10.9 Å². The Morgan fingerprint density at radius 1 is 1.35 bits per heavy atom. The van der Waals surface area contributed by atoms with Gasteiger partial charge in [0.05, 0.1) is 11.7 Å². The summed E-state index contributed by atoms with van der Waals surface area (Å²) in [5.41, 5.74) is 0.604. The van der Waals surface area contributed by atoms with Crippen LogP contribution >= 0.6 is 0 Å². The van der Waals surface area contributed by atoms with Crippen LogP contribution in [0.15, 0.2) is 30.5 Å². The van der Waals surface area contributed by atoms with Gasteiger partial charge in [0.2, 0.25) is 0 Å². The molecule has 8 heteroatoms. The maximum atomic E-state index is 11.5. The highest BCUT2D eigenvalue weighted by Crippen LogP contribution is 2.28. The first kappa shape index (κ1) is 12.0. The zero-order valence-electron chi connectivity index (χ0n) is 10.4. The number of rotatable bonds is 3. The van der Waals surface area contributed by atoms with E-state index in [2.05, 4.69) is 20.5 Å². The van der Waals surface area contributed by atoms with Crippen molar-refractivity contribution in [3.63, 3.8) is 0 Å². The smallest absolute Gasteiger partial charge is 0.340 e. The second-order valence-corrected chi connectivity index (χ2v) is 4.01. The molecule has 3 rings (SSSR count). The summed E-state index contributed by atoms with van der Waals surface area (Å²) in [5, 5.41) is 20.6. The van der Waals surface area contributed by atoms with Crippen molar-refractivity contribution in [2.75, 3.05) is 0 Å². The molecule has 0 bridgehead atoms. The fourth-order valence-electron chi connectivity index (χ4n) is 1.83. The summed E-state index contributed by atoms with van der Waals surface area (Å²) >= 11 is 0. The summed E-state index contributed by atoms with van der Waals surface area (Å²) in [4.78, 5) is 15.7. The number of carboxylic acids is 1. The molecule has 1 aromatic carbocycles. The summed E-state index contributed by atoms with van der Waals surface area (Å²) in [6.45, 7) is 0. The number of fused-ring (bicyclic) bond motifs is 1. The maximum Gasteiger partial charge on any atom is 0.340 e. The summed E-state index contributed by atoms with van der Waals surface area (Å²) in [5.74, 6) is -1.01. The van der Waals surface area contributed by atoms with Gasteiger partial charge in [-0.15, -0.1) is 0 Å². The lowest BCUT2D eigenvalue weighted by Gasteiger charge is -2.08. The molecular weight excluding hydrogens is 262 g/mol. The molecule has 8 nitrogen and oxygen atoms in total. The Morgan fingerprint density at radius 3 is 2.85 bits per heavy atom. The van der Waals surface area contributed by atoms with Gasteiger partial charge in [0, 0.05) is 12.4 Å². The molecule has 0 saturated heterocycles. The Balaban J connectivity index is 2.18. The van der Waals surface area contributed by atoms with Crippen LogP contribution in [0.3, 0.4) is 0 Å². The fourth-order valence-corrected chi connectivity index (χ4v) is 1.83. The number of aryl methyl sites for hydroxylation is 1. The Morgan fingerprint density at radius 2 is 2.15 bits per heavy atom. The van der Waals surface area contributed by atoms with E-state index < -0.39 is 5.97 Å². The minimum Gasteiger partial charge on any atom is -0.478 e. The van der Waals surface area contributed by atoms with Gasteiger partial charge >= 0.3 is 12.0 Å². The number of ether oxygens (including phenoxy) is 1. The van der Waals surface area contributed by atoms with Gasteiger partial charge in [-0.1, -0.05) is 23.3 Å². The Labute approximate surface area is 112 Å². The quantitative estimate of drug-likeness (QED) is 0.764. The SMILES string of the molecule is Cn1nnnc1Oc1cnc2ccccc2c1C(=O)O. The zero-order valence-corrected chi connectivity index (χ0v) is 10.4. The number of hydrogen-bond acceptors (Lipinski definition) is 6. The van der Waals surface area contributed by atoms with Crippen LogP contribution < -0.4 is 4.74 Å². The zero-order chi connectivity index (χ0) is 14.1. The number of pyridine rings is 1. The van der Waals surface area contributed by atoms with Crippen LogP contribution in [0.5, 0.6) is 11.8 Å². The van der Waals surface area contributed by atoms with E-state index in [1.807, 2.05) is 0 Å². The van der Waals surface area contributed by atoms with Gasteiger partial charge in [-0.25, -0.2) is 4.79 Å². The molecule has 2 heterocycles. The van der Waals surface area contributed by atoms with Crippen LogP contribution in [-0.2, 0) is 7.05 Å². The van der Waals surface area contributed by atoms with Crippen molar-refractivity contribution in [1.82, 2.24) is 25.2 Å². The van der Waals surface area contributed by atoms with Crippen molar-refractivity contribution in [2.45, 2.75) is 0 Å². The Kier molecular flexibility index (Phi) is 2.75. The molecule has 1 N–H and O–H groups in total. The van der Waals surface area contributed by atoms with Crippen LogP contribution in [0.25, 0.3) is 10.9 Å². The minimum absolute atomic E-state index is 0.0265. The number of aromatic carboxylic acids is 1. The summed E-state index contributed by atoms with van der Waals surface area (Å²) in [7, 11) is 1.59. The average Bonchev–Trinajstić information content (AvgIpc) is 2.83. The van der Waals surface area contributed by atoms with Crippen molar-refractivity contribution in [1.29, 1.82) is 0 Å². The monoisotopic (exact) mass is 271 g/mol. The van der Waals surface area contributed by atoms with Crippen molar-refractivity contribution < 1.29 is 14.6 Å². The van der Waals surface area contributed by atoms with E-state index in [1.54, 1.807) is 31.3 Å². The second-order valence-electron chi connectivity index (χ2n) is 4.01. The molecule has 0 aliphatic rings. The van der Waals surface area contributed by atoms with E-state index in [9.17, 15) is 9.90 Å². The normalized spacial score (nSPS) is 10.7. The number of carbonyl (C=O) groups is 1. The highest BCUT2D eigenvalue weighted by Gasteiger charge is 2.18. The number of carboxylic acid groups (broad SMARTS) is 1. The summed E-state index contributed by atoms with van der Waals surface area (Å²) in [6.07, 6.45) is 1.35. The molecule has 0 saturated carbocycles. The first-order valence-electron chi connectivity index (χ1n) is 5.68. The van der Waals surface area contributed by atoms with Crippen molar-refractivity contribution in [2.24, 2.45) is 7.05 Å². The van der Waals surface area contributed by atoms with Crippen molar-refractivity contribution in [3.05, 3.63) is 36.0 Å². The minimum atomic E-state index is -1.10. The first-order valence-corrected chi connectivity index (χ1v) is 5.68. The van der Waals surface area contributed by atoms with E-state index in [4.69, 9.17) is 4.74 Å². The number of aromatic nitrogens is 5. The van der Waals surface area contributed by atoms with Gasteiger partial charge in [0.25, 0.3) is 0 Å². The molecule has 3 aromatic rings. The molecule has 0 aliphatic heterocycles. The molecule has 2 aromatic heterocycles. The number of tetrazole rings is 1. The molecule has 0 unspecified atom stereocenters. The highest BCUT2D eigenvalue weighted by atomic mass is 16.5. The van der Waals surface area contributed by atoms with Crippen molar-refractivity contribution in [3.8, 4) is 11.8 Å². The van der Waals surface area contributed by atoms with Crippen LogP contribution in [0.2, 0.25) is 0 Å². The van der Waals surface area contributed by atoms with Crippen LogP contribution in [-0.4, -0.2) is 36.3 Å². The molecule has 0 spiro atoms. The molecule has 100 valence electrons. The molecule has 0 atom stereocenters. The topological polar surface area (TPSA) is 103 Å². The van der Waals surface area contributed by atoms with Crippen LogP contribution in [0, 0.1) is 0 Å². The van der Waals surface area contributed by atoms with Gasteiger partial charge in [0.15, 0.2) is 5.75 Å². The highest BCUT2D eigenvalue weighted by molar-refractivity contribution is 6.04. The van der Waals surface area contributed by atoms with Crippen molar-refractivity contribution >= 4 is 16.9 Å². The van der Waals surface area contributed by atoms with Gasteiger partial charge < -0.3 is 9.84 Å². The number of nitrogens with zero attached hydrogens (tertiary/aromatic N) is 5. The van der Waals surface area contributed by atoms with E-state index in [0.717, 1.165) is 0 Å². The van der Waals surface area contributed by atoms with E-state index in [1.165, 1.54) is 10.9 Å². The van der Waals surface area contributed by atoms with E-state index >= 15 is 0 Å². The fraction of sp³-hybridized carbons (Fsp3) is 0.0833. The molecule has 20 heavy (non-hydrogen) atoms. The largest absolute Gasteiger partial charge is 0.478 e. The van der Waals surface area contributed by atoms with Crippen LogP contribution in [0.4, 0.5) is 0 Å². The van der Waals surface area contributed by atoms with Gasteiger partial charge in [-0.2, -0.15) is 4.68 Å².